The minimum Gasteiger partial charge on any atom is -0.478 e. The van der Waals surface area contributed by atoms with Crippen molar-refractivity contribution in [3.63, 3.8) is 0 Å². The summed E-state index contributed by atoms with van der Waals surface area (Å²) in [6, 6.07) is 22.1. The number of aryl methyl sites for hydroxylation is 2. The zero-order chi connectivity index (χ0) is 28.4. The highest BCUT2D eigenvalue weighted by atomic mass is 32.1. The molecule has 1 aliphatic heterocycles. The standard InChI is InChI=1S/C31H31N5O3S/c1-19-7-11-23(12-8-19)33-27(37)15-17-35-29(28(34-31(35)40)26-6-4-5-16-32-26)25-18-20(2)36(21(25)3)24-13-9-22(10-14-24)30(38)39/h4-14,16,18,28-29H,15,17H2,1-3H3,(H,33,37)(H,34,40)(H,38,39)/t28-,29-/m0/s1. The number of carboxylic acid groups (broad SMARTS) is 1. The van der Waals surface area contributed by atoms with Gasteiger partial charge in [-0.3, -0.25) is 9.78 Å². The van der Waals surface area contributed by atoms with E-state index in [1.165, 1.54) is 0 Å². The Morgan fingerprint density at radius 2 is 1.75 bits per heavy atom. The second-order valence-electron chi connectivity index (χ2n) is 10.00. The first-order chi connectivity index (χ1) is 19.2. The maximum Gasteiger partial charge on any atom is 0.335 e. The van der Waals surface area contributed by atoms with E-state index in [-0.39, 0.29) is 30.0 Å². The Kier molecular flexibility index (Phi) is 7.66. The number of nitrogens with one attached hydrogen (secondary N) is 2. The van der Waals surface area contributed by atoms with Gasteiger partial charge >= 0.3 is 5.97 Å². The molecule has 0 saturated carbocycles. The van der Waals surface area contributed by atoms with E-state index in [1.807, 2.05) is 75.4 Å². The van der Waals surface area contributed by atoms with Gasteiger partial charge in [0.25, 0.3) is 0 Å². The molecule has 1 fully saturated rings. The van der Waals surface area contributed by atoms with Gasteiger partial charge in [0.05, 0.1) is 23.3 Å². The van der Waals surface area contributed by atoms with Crippen LogP contribution in [0.15, 0.2) is 79.0 Å². The molecule has 0 radical (unpaired) electrons. The van der Waals surface area contributed by atoms with Crippen molar-refractivity contribution in [3.8, 4) is 5.69 Å². The second-order valence-corrected chi connectivity index (χ2v) is 10.4. The van der Waals surface area contributed by atoms with Gasteiger partial charge < -0.3 is 25.2 Å². The summed E-state index contributed by atoms with van der Waals surface area (Å²) in [6.07, 6.45) is 2.03. The van der Waals surface area contributed by atoms with Crippen LogP contribution in [0, 0.1) is 20.8 Å². The smallest absolute Gasteiger partial charge is 0.335 e. The van der Waals surface area contributed by atoms with Gasteiger partial charge in [-0.25, -0.2) is 4.79 Å². The molecule has 2 atom stereocenters. The van der Waals surface area contributed by atoms with Gasteiger partial charge in [0.1, 0.15) is 0 Å². The third-order valence-corrected chi connectivity index (χ3v) is 7.63. The highest BCUT2D eigenvalue weighted by Gasteiger charge is 2.41. The number of nitrogens with zero attached hydrogens (tertiary/aromatic N) is 3. The lowest BCUT2D eigenvalue weighted by Crippen LogP contribution is -2.32. The number of aromatic carboxylic acids is 1. The molecule has 1 aliphatic rings. The van der Waals surface area contributed by atoms with Crippen molar-refractivity contribution < 1.29 is 14.7 Å². The SMILES string of the molecule is Cc1ccc(NC(=O)CCN2C(=S)N[C@@H](c3ccccn3)[C@@H]2c2cc(C)n(-c3ccc(C(=O)O)cc3)c2C)cc1. The van der Waals surface area contributed by atoms with Crippen LogP contribution in [0.2, 0.25) is 0 Å². The van der Waals surface area contributed by atoms with Crippen molar-refractivity contribution in [1.29, 1.82) is 0 Å². The number of amides is 1. The lowest BCUT2D eigenvalue weighted by atomic mass is 9.96. The minimum atomic E-state index is -0.959. The molecule has 1 saturated heterocycles. The summed E-state index contributed by atoms with van der Waals surface area (Å²) in [5.41, 5.74) is 6.93. The first-order valence-corrected chi connectivity index (χ1v) is 13.5. The number of pyridine rings is 1. The predicted octanol–water partition coefficient (Wildman–Crippen LogP) is 5.50. The Bertz CT molecular complexity index is 1550. The molecule has 0 spiro atoms. The van der Waals surface area contributed by atoms with Crippen molar-refractivity contribution in [3.05, 3.63) is 113 Å². The van der Waals surface area contributed by atoms with E-state index >= 15 is 0 Å². The molecular formula is C31H31N5O3S. The summed E-state index contributed by atoms with van der Waals surface area (Å²) < 4.78 is 2.11. The molecule has 0 bridgehead atoms. The number of anilines is 1. The van der Waals surface area contributed by atoms with Crippen LogP contribution in [0.5, 0.6) is 0 Å². The lowest BCUT2D eigenvalue weighted by Gasteiger charge is -2.28. The van der Waals surface area contributed by atoms with Crippen LogP contribution >= 0.6 is 12.2 Å². The van der Waals surface area contributed by atoms with E-state index in [9.17, 15) is 14.7 Å². The molecule has 8 nitrogen and oxygen atoms in total. The lowest BCUT2D eigenvalue weighted by molar-refractivity contribution is -0.116. The molecule has 40 heavy (non-hydrogen) atoms. The first kappa shape index (κ1) is 27.1. The van der Waals surface area contributed by atoms with E-state index in [4.69, 9.17) is 12.2 Å². The number of carbonyl (C=O) groups is 2. The molecule has 0 unspecified atom stereocenters. The predicted molar refractivity (Wildman–Crippen MR) is 159 cm³/mol. The fraction of sp³-hybridized carbons (Fsp3) is 0.226. The number of carboxylic acids is 1. The number of thiocarbonyl (C=S) groups is 1. The fourth-order valence-corrected chi connectivity index (χ4v) is 5.64. The normalized spacial score (nSPS) is 16.6. The summed E-state index contributed by atoms with van der Waals surface area (Å²) in [5, 5.41) is 16.3. The molecule has 3 heterocycles. The summed E-state index contributed by atoms with van der Waals surface area (Å²) in [7, 11) is 0. The van der Waals surface area contributed by atoms with Crippen molar-refractivity contribution in [2.75, 3.05) is 11.9 Å². The number of rotatable bonds is 8. The summed E-state index contributed by atoms with van der Waals surface area (Å²) in [6.45, 7) is 6.51. The molecule has 4 aromatic rings. The number of hydrogen-bond acceptors (Lipinski definition) is 4. The topological polar surface area (TPSA) is 99.5 Å². The van der Waals surface area contributed by atoms with Gasteiger partial charge in [-0.2, -0.15) is 0 Å². The highest BCUT2D eigenvalue weighted by molar-refractivity contribution is 7.80. The fourth-order valence-electron chi connectivity index (χ4n) is 5.30. The van der Waals surface area contributed by atoms with Gasteiger partial charge in [0.15, 0.2) is 5.11 Å². The van der Waals surface area contributed by atoms with Crippen molar-refractivity contribution in [2.24, 2.45) is 0 Å². The molecule has 9 heteroatoms. The Morgan fingerprint density at radius 3 is 2.40 bits per heavy atom. The van der Waals surface area contributed by atoms with Crippen LogP contribution in [0.1, 0.15) is 57.1 Å². The molecular weight excluding hydrogens is 522 g/mol. The van der Waals surface area contributed by atoms with Gasteiger partial charge in [-0.05, 0) is 93.1 Å². The first-order valence-electron chi connectivity index (χ1n) is 13.1. The average molecular weight is 554 g/mol. The highest BCUT2D eigenvalue weighted by Crippen LogP contribution is 2.41. The van der Waals surface area contributed by atoms with Gasteiger partial charge in [-0.15, -0.1) is 0 Å². The molecule has 5 rings (SSSR count). The molecule has 2 aromatic heterocycles. The van der Waals surface area contributed by atoms with Crippen molar-refractivity contribution in [1.82, 2.24) is 19.8 Å². The zero-order valence-corrected chi connectivity index (χ0v) is 23.4. The number of benzene rings is 2. The summed E-state index contributed by atoms with van der Waals surface area (Å²) in [5.74, 6) is -1.05. The van der Waals surface area contributed by atoms with E-state index < -0.39 is 5.97 Å². The Hall–Kier alpha value is -4.50. The van der Waals surface area contributed by atoms with Crippen LogP contribution in [-0.2, 0) is 4.79 Å². The molecule has 204 valence electrons. The molecule has 3 N–H and O–H groups in total. The van der Waals surface area contributed by atoms with Crippen molar-refractivity contribution in [2.45, 2.75) is 39.3 Å². The maximum absolute atomic E-state index is 12.9. The van der Waals surface area contributed by atoms with Crippen LogP contribution < -0.4 is 10.6 Å². The summed E-state index contributed by atoms with van der Waals surface area (Å²) in [4.78, 5) is 30.9. The van der Waals surface area contributed by atoms with E-state index in [1.54, 1.807) is 18.3 Å². The number of hydrogen-bond donors (Lipinski definition) is 3. The molecule has 1 amide bonds. The van der Waals surface area contributed by atoms with Gasteiger partial charge in [0.2, 0.25) is 5.91 Å². The summed E-state index contributed by atoms with van der Waals surface area (Å²) >= 11 is 5.80. The van der Waals surface area contributed by atoms with E-state index in [0.717, 1.165) is 39.6 Å². The minimum absolute atomic E-state index is 0.0873. The third kappa shape index (κ3) is 5.46. The van der Waals surface area contributed by atoms with E-state index in [2.05, 4.69) is 31.2 Å². The van der Waals surface area contributed by atoms with E-state index in [0.29, 0.717) is 11.7 Å². The Morgan fingerprint density at radius 1 is 1.02 bits per heavy atom. The average Bonchev–Trinajstić information content (AvgIpc) is 3.43. The van der Waals surface area contributed by atoms with Crippen molar-refractivity contribution >= 4 is 34.9 Å². The van der Waals surface area contributed by atoms with Gasteiger partial charge in [-0.1, -0.05) is 23.8 Å². The number of carbonyl (C=O) groups excluding carboxylic acids is 1. The largest absolute Gasteiger partial charge is 0.478 e. The molecule has 0 aliphatic carbocycles. The van der Waals surface area contributed by atoms with Crippen LogP contribution in [0.4, 0.5) is 5.69 Å². The monoisotopic (exact) mass is 553 g/mol. The van der Waals surface area contributed by atoms with Crippen LogP contribution in [0.3, 0.4) is 0 Å². The third-order valence-electron chi connectivity index (χ3n) is 7.27. The van der Waals surface area contributed by atoms with Crippen LogP contribution in [-0.4, -0.2) is 43.1 Å². The van der Waals surface area contributed by atoms with Crippen LogP contribution in [0.25, 0.3) is 5.69 Å². The van der Waals surface area contributed by atoms with Gasteiger partial charge in [0, 0.05) is 41.9 Å². The molecule has 2 aromatic carbocycles. The Balaban J connectivity index is 1.46. The maximum atomic E-state index is 12.9. The zero-order valence-electron chi connectivity index (χ0n) is 22.6. The second kappa shape index (κ2) is 11.3. The Labute approximate surface area is 238 Å². The quantitative estimate of drug-likeness (QED) is 0.248. The number of aromatic nitrogens is 2.